The van der Waals surface area contributed by atoms with E-state index in [9.17, 15) is 19.5 Å². The van der Waals surface area contributed by atoms with Crippen LogP contribution in [0.15, 0.2) is 66.7 Å². The van der Waals surface area contributed by atoms with Gasteiger partial charge in [0, 0.05) is 19.5 Å². The zero-order valence-electron chi connectivity index (χ0n) is 20.2. The van der Waals surface area contributed by atoms with Gasteiger partial charge in [-0.3, -0.25) is 14.5 Å². The Balaban J connectivity index is 1.45. The van der Waals surface area contributed by atoms with E-state index in [0.29, 0.717) is 17.7 Å². The van der Waals surface area contributed by atoms with E-state index < -0.39 is 18.6 Å². The summed E-state index contributed by atoms with van der Waals surface area (Å²) in [6.45, 7) is -0.243. The average Bonchev–Trinajstić information content (AvgIpc) is 3.22. The molecule has 0 aromatic heterocycles. The molecule has 1 aliphatic carbocycles. The molecule has 0 bridgehead atoms. The summed E-state index contributed by atoms with van der Waals surface area (Å²) in [5, 5.41) is 11.9. The highest BCUT2D eigenvalue weighted by atomic mass is 16.6. The predicted molar refractivity (Wildman–Crippen MR) is 134 cm³/mol. The van der Waals surface area contributed by atoms with E-state index in [1.165, 1.54) is 19.1 Å². The molecular weight excluding hydrogens is 460 g/mol. The molecule has 3 aromatic rings. The number of benzene rings is 3. The molecule has 2 amide bonds. The maximum Gasteiger partial charge on any atom is 0.410 e. The lowest BCUT2D eigenvalue weighted by molar-refractivity contribution is -0.138. The fourth-order valence-electron chi connectivity index (χ4n) is 4.56. The Labute approximate surface area is 209 Å². The third-order valence-corrected chi connectivity index (χ3v) is 6.33. The maximum atomic E-state index is 12.9. The fraction of sp³-hybridized carbons (Fsp3) is 0.250. The number of nitrogens with zero attached hydrogens (tertiary/aromatic N) is 1. The summed E-state index contributed by atoms with van der Waals surface area (Å²) in [5.74, 6) is -1.12. The van der Waals surface area contributed by atoms with Crippen LogP contribution in [0.1, 0.15) is 33.0 Å². The van der Waals surface area contributed by atoms with Crippen LogP contribution in [-0.2, 0) is 16.0 Å². The average molecular weight is 489 g/mol. The number of rotatable bonds is 9. The first-order valence-electron chi connectivity index (χ1n) is 11.6. The standard InChI is InChI=1S/C28H28N2O6/c1-29-27(33)23-12-11-18(15-25(23)35-2)13-14-30(16-26(31)32)28(34)36-17-24-21-9-5-3-7-19(21)20-8-4-6-10-22(20)24/h3-12,15,24H,13-14,16-17H2,1-2H3,(H,29,33)(H,31,32). The molecule has 36 heavy (non-hydrogen) atoms. The second kappa shape index (κ2) is 10.9. The maximum absolute atomic E-state index is 12.9. The van der Waals surface area contributed by atoms with Crippen LogP contribution < -0.4 is 10.1 Å². The summed E-state index contributed by atoms with van der Waals surface area (Å²) >= 11 is 0. The van der Waals surface area contributed by atoms with Crippen molar-refractivity contribution in [3.8, 4) is 16.9 Å². The van der Waals surface area contributed by atoms with Crippen molar-refractivity contribution in [2.45, 2.75) is 12.3 Å². The topological polar surface area (TPSA) is 105 Å². The van der Waals surface area contributed by atoms with E-state index in [-0.39, 0.29) is 25.0 Å². The molecule has 0 heterocycles. The van der Waals surface area contributed by atoms with E-state index >= 15 is 0 Å². The first-order valence-corrected chi connectivity index (χ1v) is 11.6. The summed E-state index contributed by atoms with van der Waals surface area (Å²) in [5.41, 5.74) is 5.58. The van der Waals surface area contributed by atoms with Crippen LogP contribution >= 0.6 is 0 Å². The zero-order valence-corrected chi connectivity index (χ0v) is 20.2. The minimum atomic E-state index is -1.13. The molecule has 0 unspecified atom stereocenters. The molecule has 8 heteroatoms. The van der Waals surface area contributed by atoms with Crippen molar-refractivity contribution in [2.75, 3.05) is 33.9 Å². The van der Waals surface area contributed by atoms with Crippen molar-refractivity contribution in [3.05, 3.63) is 89.0 Å². The quantitative estimate of drug-likeness (QED) is 0.473. The minimum Gasteiger partial charge on any atom is -0.496 e. The molecule has 4 rings (SSSR count). The number of carboxylic acid groups (broad SMARTS) is 1. The Morgan fingerprint density at radius 3 is 2.19 bits per heavy atom. The second-order valence-electron chi connectivity index (χ2n) is 8.48. The molecule has 0 saturated heterocycles. The summed E-state index contributed by atoms with van der Waals surface area (Å²) < 4.78 is 11.0. The van der Waals surface area contributed by atoms with Gasteiger partial charge < -0.3 is 19.9 Å². The number of nitrogens with one attached hydrogen (secondary N) is 1. The number of methoxy groups -OCH3 is 1. The van der Waals surface area contributed by atoms with Crippen molar-refractivity contribution in [3.63, 3.8) is 0 Å². The molecule has 1 aliphatic rings. The largest absolute Gasteiger partial charge is 0.496 e. The number of carbonyl (C=O) groups is 3. The van der Waals surface area contributed by atoms with Gasteiger partial charge in [-0.25, -0.2) is 4.79 Å². The van der Waals surface area contributed by atoms with Crippen molar-refractivity contribution < 1.29 is 29.0 Å². The lowest BCUT2D eigenvalue weighted by atomic mass is 9.98. The van der Waals surface area contributed by atoms with E-state index in [1.54, 1.807) is 18.2 Å². The van der Waals surface area contributed by atoms with Crippen LogP contribution in [0, 0.1) is 0 Å². The van der Waals surface area contributed by atoms with Crippen molar-refractivity contribution >= 4 is 18.0 Å². The van der Waals surface area contributed by atoms with E-state index in [4.69, 9.17) is 9.47 Å². The number of amides is 2. The molecule has 0 aliphatic heterocycles. The SMILES string of the molecule is CNC(=O)c1ccc(CCN(CC(=O)O)C(=O)OCC2c3ccccc3-c3ccccc32)cc1OC. The molecular formula is C28H28N2O6. The number of carbonyl (C=O) groups excluding carboxylic acids is 2. The van der Waals surface area contributed by atoms with Crippen molar-refractivity contribution in [2.24, 2.45) is 0 Å². The van der Waals surface area contributed by atoms with E-state index in [0.717, 1.165) is 27.8 Å². The number of fused-ring (bicyclic) bond motifs is 3. The summed E-state index contributed by atoms with van der Waals surface area (Å²) in [4.78, 5) is 37.6. The van der Waals surface area contributed by atoms with Gasteiger partial charge in [0.15, 0.2) is 0 Å². The third-order valence-electron chi connectivity index (χ3n) is 6.33. The Morgan fingerprint density at radius 2 is 1.61 bits per heavy atom. The van der Waals surface area contributed by atoms with Gasteiger partial charge in [-0.1, -0.05) is 54.6 Å². The van der Waals surface area contributed by atoms with Crippen LogP contribution in [0.2, 0.25) is 0 Å². The molecule has 0 atom stereocenters. The smallest absolute Gasteiger partial charge is 0.410 e. The van der Waals surface area contributed by atoms with E-state index in [2.05, 4.69) is 17.4 Å². The summed E-state index contributed by atoms with van der Waals surface area (Å²) in [7, 11) is 3.01. The van der Waals surface area contributed by atoms with Crippen LogP contribution in [0.4, 0.5) is 4.79 Å². The third kappa shape index (κ3) is 5.17. The van der Waals surface area contributed by atoms with Gasteiger partial charge in [-0.15, -0.1) is 0 Å². The van der Waals surface area contributed by atoms with Crippen LogP contribution in [0.5, 0.6) is 5.75 Å². The van der Waals surface area contributed by atoms with Crippen LogP contribution in [0.3, 0.4) is 0 Å². The van der Waals surface area contributed by atoms with Gasteiger partial charge in [0.05, 0.1) is 12.7 Å². The van der Waals surface area contributed by atoms with Gasteiger partial charge in [0.2, 0.25) is 0 Å². The second-order valence-corrected chi connectivity index (χ2v) is 8.48. The molecule has 3 aromatic carbocycles. The Bertz CT molecular complexity index is 1240. The monoisotopic (exact) mass is 488 g/mol. The van der Waals surface area contributed by atoms with Crippen molar-refractivity contribution in [1.82, 2.24) is 10.2 Å². The first kappa shape index (κ1) is 24.8. The van der Waals surface area contributed by atoms with Gasteiger partial charge >= 0.3 is 12.1 Å². The molecule has 0 saturated carbocycles. The predicted octanol–water partition coefficient (Wildman–Crippen LogP) is 3.93. The zero-order chi connectivity index (χ0) is 25.7. The Morgan fingerprint density at radius 1 is 0.972 bits per heavy atom. The summed E-state index contributed by atoms with van der Waals surface area (Å²) in [6, 6.07) is 21.1. The van der Waals surface area contributed by atoms with Gasteiger partial charge in [0.1, 0.15) is 18.9 Å². The molecule has 0 spiro atoms. The number of hydrogen-bond donors (Lipinski definition) is 2. The van der Waals surface area contributed by atoms with Gasteiger partial charge in [0.25, 0.3) is 5.91 Å². The van der Waals surface area contributed by atoms with E-state index in [1.807, 2.05) is 36.4 Å². The van der Waals surface area contributed by atoms with Gasteiger partial charge in [-0.05, 0) is 46.4 Å². The summed E-state index contributed by atoms with van der Waals surface area (Å²) in [6.07, 6.45) is -0.324. The molecule has 8 nitrogen and oxygen atoms in total. The highest BCUT2D eigenvalue weighted by Crippen LogP contribution is 2.44. The number of aliphatic carboxylic acids is 1. The number of hydrogen-bond acceptors (Lipinski definition) is 5. The first-order chi connectivity index (χ1) is 17.4. The van der Waals surface area contributed by atoms with Gasteiger partial charge in [-0.2, -0.15) is 0 Å². The minimum absolute atomic E-state index is 0.109. The molecule has 186 valence electrons. The number of carboxylic acids is 1. The Hall–Kier alpha value is -4.33. The lowest BCUT2D eigenvalue weighted by Crippen LogP contribution is -2.38. The van der Waals surface area contributed by atoms with Crippen molar-refractivity contribution in [1.29, 1.82) is 0 Å². The lowest BCUT2D eigenvalue weighted by Gasteiger charge is -2.22. The number of ether oxygens (including phenoxy) is 2. The highest BCUT2D eigenvalue weighted by molar-refractivity contribution is 5.96. The van der Waals surface area contributed by atoms with Crippen LogP contribution in [-0.4, -0.2) is 61.8 Å². The molecule has 0 fully saturated rings. The Kier molecular flexibility index (Phi) is 7.53. The molecule has 2 N–H and O–H groups in total. The molecule has 0 radical (unpaired) electrons. The van der Waals surface area contributed by atoms with Crippen LogP contribution in [0.25, 0.3) is 11.1 Å². The normalized spacial score (nSPS) is 11.8. The fourth-order valence-corrected chi connectivity index (χ4v) is 4.56. The highest BCUT2D eigenvalue weighted by Gasteiger charge is 2.30.